The highest BCUT2D eigenvalue weighted by Crippen LogP contribution is 2.42. The molecule has 118 valence electrons. The number of carbonyl (C=O) groups is 1. The molecule has 4 aromatic rings. The summed E-state index contributed by atoms with van der Waals surface area (Å²) in [4.78, 5) is 15.6. The Morgan fingerprint density at radius 3 is 3.00 bits per heavy atom. The summed E-state index contributed by atoms with van der Waals surface area (Å²) in [6.07, 6.45) is 2.37. The molecular weight excluding hydrogens is 302 g/mol. The highest BCUT2D eigenvalue weighted by molar-refractivity contribution is 6.04. The van der Waals surface area contributed by atoms with Gasteiger partial charge in [-0.2, -0.15) is 0 Å². The van der Waals surface area contributed by atoms with Gasteiger partial charge in [-0.1, -0.05) is 23.4 Å². The number of rotatable bonds is 1. The summed E-state index contributed by atoms with van der Waals surface area (Å²) >= 11 is 0. The van der Waals surface area contributed by atoms with Crippen molar-refractivity contribution in [3.63, 3.8) is 0 Å². The molecule has 1 unspecified atom stereocenters. The third-order valence-electron chi connectivity index (χ3n) is 4.85. The summed E-state index contributed by atoms with van der Waals surface area (Å²) in [5.41, 5.74) is 5.78. The first-order valence-corrected chi connectivity index (χ1v) is 7.90. The van der Waals surface area contributed by atoms with Gasteiger partial charge < -0.3 is 10.3 Å². The Kier molecular flexibility index (Phi) is 2.59. The normalized spacial score (nSPS) is 17.2. The lowest BCUT2D eigenvalue weighted by Crippen LogP contribution is -2.24. The van der Waals surface area contributed by atoms with E-state index in [2.05, 4.69) is 44.9 Å². The lowest BCUT2D eigenvalue weighted by Gasteiger charge is -2.26. The average Bonchev–Trinajstić information content (AvgIpc) is 3.21. The molecule has 2 N–H and O–H groups in total. The van der Waals surface area contributed by atoms with Crippen LogP contribution in [0.4, 0.5) is 5.69 Å². The van der Waals surface area contributed by atoms with Crippen molar-refractivity contribution in [3.8, 4) is 0 Å². The monoisotopic (exact) mass is 317 g/mol. The Morgan fingerprint density at radius 1 is 1.17 bits per heavy atom. The van der Waals surface area contributed by atoms with E-state index in [-0.39, 0.29) is 11.8 Å². The minimum Gasteiger partial charge on any atom is -0.361 e. The summed E-state index contributed by atoms with van der Waals surface area (Å²) < 4.78 is 1.72. The van der Waals surface area contributed by atoms with E-state index in [1.165, 1.54) is 0 Å². The lowest BCUT2D eigenvalue weighted by atomic mass is 9.83. The lowest BCUT2D eigenvalue weighted by molar-refractivity contribution is -0.116. The molecule has 0 spiro atoms. The van der Waals surface area contributed by atoms with Gasteiger partial charge >= 0.3 is 0 Å². The summed E-state index contributed by atoms with van der Waals surface area (Å²) in [6, 6.07) is 12.4. The van der Waals surface area contributed by atoms with Crippen LogP contribution in [0.2, 0.25) is 0 Å². The number of hydrogen-bond acceptors (Lipinski definition) is 3. The molecule has 2 aromatic carbocycles. The van der Waals surface area contributed by atoms with Gasteiger partial charge in [-0.05, 0) is 29.3 Å². The number of nitrogens with one attached hydrogen (secondary N) is 2. The molecule has 0 saturated heterocycles. The number of anilines is 1. The van der Waals surface area contributed by atoms with Crippen LogP contribution < -0.4 is 5.32 Å². The van der Waals surface area contributed by atoms with Crippen LogP contribution in [0.5, 0.6) is 0 Å². The Bertz CT molecular complexity index is 1110. The van der Waals surface area contributed by atoms with E-state index in [0.717, 1.165) is 38.8 Å². The van der Waals surface area contributed by atoms with E-state index in [1.54, 1.807) is 4.68 Å². The molecule has 0 radical (unpaired) electrons. The first kappa shape index (κ1) is 13.3. The zero-order valence-corrected chi connectivity index (χ0v) is 13.1. The van der Waals surface area contributed by atoms with Crippen molar-refractivity contribution in [3.05, 3.63) is 53.7 Å². The quantitative estimate of drug-likeness (QED) is 0.567. The molecular formula is C18H15N5O. The molecule has 5 rings (SSSR count). The summed E-state index contributed by atoms with van der Waals surface area (Å²) in [5.74, 6) is 0.0258. The predicted molar refractivity (Wildman–Crippen MR) is 91.9 cm³/mol. The number of benzene rings is 2. The Hall–Kier alpha value is -3.15. The van der Waals surface area contributed by atoms with Crippen LogP contribution in [0, 0.1) is 0 Å². The SMILES string of the molecule is Cn1nnc2c3c(ccc21)C(c1cccc2[nH]ccc12)CC(=O)N3. The molecule has 3 heterocycles. The largest absolute Gasteiger partial charge is 0.361 e. The molecule has 0 saturated carbocycles. The van der Waals surface area contributed by atoms with Crippen molar-refractivity contribution >= 4 is 33.5 Å². The van der Waals surface area contributed by atoms with Gasteiger partial charge in [-0.15, -0.1) is 5.10 Å². The van der Waals surface area contributed by atoms with Crippen molar-refractivity contribution in [2.24, 2.45) is 7.05 Å². The molecule has 2 aromatic heterocycles. The molecule has 0 aliphatic carbocycles. The summed E-state index contributed by atoms with van der Waals surface area (Å²) in [5, 5.41) is 12.5. The second kappa shape index (κ2) is 4.67. The maximum atomic E-state index is 12.4. The Balaban J connectivity index is 1.79. The van der Waals surface area contributed by atoms with Gasteiger partial charge in [0.15, 0.2) is 0 Å². The van der Waals surface area contributed by atoms with Crippen LogP contribution in [0.1, 0.15) is 23.5 Å². The van der Waals surface area contributed by atoms with E-state index in [4.69, 9.17) is 0 Å². The average molecular weight is 317 g/mol. The van der Waals surface area contributed by atoms with Crippen LogP contribution in [-0.4, -0.2) is 25.9 Å². The maximum Gasteiger partial charge on any atom is 0.225 e. The Labute approximate surface area is 137 Å². The van der Waals surface area contributed by atoms with Crippen molar-refractivity contribution in [2.75, 3.05) is 5.32 Å². The van der Waals surface area contributed by atoms with Gasteiger partial charge in [0.25, 0.3) is 0 Å². The molecule has 0 bridgehead atoms. The van der Waals surface area contributed by atoms with Crippen LogP contribution in [0.15, 0.2) is 42.6 Å². The van der Waals surface area contributed by atoms with Gasteiger partial charge in [-0.3, -0.25) is 4.79 Å². The number of hydrogen-bond donors (Lipinski definition) is 2. The number of aromatic amines is 1. The van der Waals surface area contributed by atoms with E-state index >= 15 is 0 Å². The van der Waals surface area contributed by atoms with Gasteiger partial charge in [0.2, 0.25) is 5.91 Å². The number of nitrogens with zero attached hydrogens (tertiary/aromatic N) is 3. The number of fused-ring (bicyclic) bond motifs is 4. The second-order valence-corrected chi connectivity index (χ2v) is 6.20. The van der Waals surface area contributed by atoms with E-state index in [1.807, 2.05) is 25.4 Å². The summed E-state index contributed by atoms with van der Waals surface area (Å²) in [7, 11) is 1.85. The smallest absolute Gasteiger partial charge is 0.225 e. The molecule has 6 nitrogen and oxygen atoms in total. The third-order valence-corrected chi connectivity index (χ3v) is 4.85. The molecule has 1 atom stereocenters. The fourth-order valence-electron chi connectivity index (χ4n) is 3.72. The zero-order chi connectivity index (χ0) is 16.3. The predicted octanol–water partition coefficient (Wildman–Crippen LogP) is 2.92. The highest BCUT2D eigenvalue weighted by Gasteiger charge is 2.30. The molecule has 1 aliphatic rings. The number of carbonyl (C=O) groups excluding carboxylic acids is 1. The summed E-state index contributed by atoms with van der Waals surface area (Å²) in [6.45, 7) is 0. The molecule has 6 heteroatoms. The van der Waals surface area contributed by atoms with Gasteiger partial charge in [0, 0.05) is 36.5 Å². The Morgan fingerprint density at radius 2 is 2.08 bits per heavy atom. The van der Waals surface area contributed by atoms with Crippen LogP contribution in [-0.2, 0) is 11.8 Å². The third kappa shape index (κ3) is 1.73. The minimum absolute atomic E-state index is 0.0122. The number of amides is 1. The zero-order valence-electron chi connectivity index (χ0n) is 13.1. The van der Waals surface area contributed by atoms with Gasteiger partial charge in [-0.25, -0.2) is 4.68 Å². The molecule has 0 fully saturated rings. The fourth-order valence-corrected chi connectivity index (χ4v) is 3.72. The van der Waals surface area contributed by atoms with E-state index in [9.17, 15) is 4.79 Å². The maximum absolute atomic E-state index is 12.4. The molecule has 24 heavy (non-hydrogen) atoms. The first-order valence-electron chi connectivity index (χ1n) is 7.90. The van der Waals surface area contributed by atoms with Crippen LogP contribution in [0.25, 0.3) is 21.9 Å². The first-order chi connectivity index (χ1) is 11.7. The molecule has 1 aliphatic heterocycles. The van der Waals surface area contributed by atoms with E-state index in [0.29, 0.717) is 6.42 Å². The van der Waals surface area contributed by atoms with Crippen LogP contribution >= 0.6 is 0 Å². The van der Waals surface area contributed by atoms with Gasteiger partial charge in [0.1, 0.15) is 5.52 Å². The van der Waals surface area contributed by atoms with Gasteiger partial charge in [0.05, 0.1) is 11.2 Å². The van der Waals surface area contributed by atoms with E-state index < -0.39 is 0 Å². The second-order valence-electron chi connectivity index (χ2n) is 6.20. The standard InChI is InChI=1S/C18H15N5O/c1-23-15-6-5-12-13(9-16(24)20-17(12)18(15)21-22-23)10-3-2-4-14-11(10)7-8-19-14/h2-8,13,19H,9H2,1H3,(H,20,24). The van der Waals surface area contributed by atoms with Crippen molar-refractivity contribution in [1.29, 1.82) is 0 Å². The minimum atomic E-state index is 0.0122. The van der Waals surface area contributed by atoms with Crippen molar-refractivity contribution in [1.82, 2.24) is 20.0 Å². The number of H-pyrrole nitrogens is 1. The van der Waals surface area contributed by atoms with Crippen molar-refractivity contribution < 1.29 is 4.79 Å². The topological polar surface area (TPSA) is 75.6 Å². The number of aromatic nitrogens is 4. The molecule has 1 amide bonds. The number of aryl methyl sites for hydroxylation is 1. The van der Waals surface area contributed by atoms with Crippen LogP contribution in [0.3, 0.4) is 0 Å². The highest BCUT2D eigenvalue weighted by atomic mass is 16.1. The fraction of sp³-hybridized carbons (Fsp3) is 0.167. The van der Waals surface area contributed by atoms with Crippen molar-refractivity contribution in [2.45, 2.75) is 12.3 Å².